The number of carbonyl (C=O) groups excluding carboxylic acids is 2. The van der Waals surface area contributed by atoms with E-state index in [9.17, 15) is 18.0 Å². The van der Waals surface area contributed by atoms with E-state index in [-0.39, 0.29) is 41.5 Å². The third-order valence-electron chi connectivity index (χ3n) is 9.61. The molecular weight excluding hydrogens is 480 g/mol. The molecule has 5 rings (SSSR count). The summed E-state index contributed by atoms with van der Waals surface area (Å²) in [6.07, 6.45) is 9.51. The van der Waals surface area contributed by atoms with Crippen LogP contribution < -0.4 is 0 Å². The number of sulfone groups is 1. The molecule has 2 saturated heterocycles. The smallest absolute Gasteiger partial charge is 0.410 e. The third-order valence-corrected chi connectivity index (χ3v) is 12.0. The van der Waals surface area contributed by atoms with E-state index in [2.05, 4.69) is 0 Å². The molecule has 0 N–H and O–H groups in total. The van der Waals surface area contributed by atoms with Crippen LogP contribution in [0.4, 0.5) is 4.79 Å². The van der Waals surface area contributed by atoms with Crippen molar-refractivity contribution in [1.29, 1.82) is 0 Å². The molecule has 8 nitrogen and oxygen atoms in total. The van der Waals surface area contributed by atoms with Gasteiger partial charge in [0.2, 0.25) is 5.91 Å². The van der Waals surface area contributed by atoms with E-state index in [1.807, 2.05) is 16.7 Å². The highest BCUT2D eigenvalue weighted by Crippen LogP contribution is 2.44. The van der Waals surface area contributed by atoms with Gasteiger partial charge in [0.25, 0.3) is 0 Å². The number of hydrogen-bond acceptors (Lipinski definition) is 6. The Bertz CT molecular complexity index is 907. The zero-order valence-electron chi connectivity index (χ0n) is 22.0. The Morgan fingerprint density at radius 1 is 0.889 bits per heavy atom. The predicted molar refractivity (Wildman–Crippen MR) is 136 cm³/mol. The zero-order valence-corrected chi connectivity index (χ0v) is 22.8. The van der Waals surface area contributed by atoms with Crippen molar-refractivity contribution in [3.8, 4) is 0 Å². The maximum atomic E-state index is 13.4. The third kappa shape index (κ3) is 5.71. The number of piperazine rings is 1. The topological polar surface area (TPSA) is 93.2 Å². The van der Waals surface area contributed by atoms with E-state index < -0.39 is 9.84 Å². The van der Waals surface area contributed by atoms with Crippen LogP contribution in [0, 0.1) is 17.8 Å². The number of nitrogens with zero attached hydrogens (tertiary/aromatic N) is 2. The molecule has 36 heavy (non-hydrogen) atoms. The minimum Gasteiger partial charge on any atom is -0.446 e. The van der Waals surface area contributed by atoms with Gasteiger partial charge in [0, 0.05) is 32.4 Å². The van der Waals surface area contributed by atoms with Gasteiger partial charge in [0.15, 0.2) is 9.84 Å². The summed E-state index contributed by atoms with van der Waals surface area (Å²) in [6, 6.07) is -0.0397. The van der Waals surface area contributed by atoms with Gasteiger partial charge >= 0.3 is 6.09 Å². The van der Waals surface area contributed by atoms with Crippen molar-refractivity contribution in [2.45, 2.75) is 114 Å². The monoisotopic (exact) mass is 524 g/mol. The molecule has 0 radical (unpaired) electrons. The fourth-order valence-electron chi connectivity index (χ4n) is 7.51. The molecule has 0 spiro atoms. The van der Waals surface area contributed by atoms with E-state index in [1.54, 1.807) is 6.92 Å². The number of hydrogen-bond donors (Lipinski definition) is 0. The molecule has 2 amide bonds. The van der Waals surface area contributed by atoms with Crippen molar-refractivity contribution < 1.29 is 27.5 Å². The number of rotatable bonds is 5. The molecule has 3 aliphatic carbocycles. The highest BCUT2D eigenvalue weighted by atomic mass is 32.2. The van der Waals surface area contributed by atoms with Crippen LogP contribution in [0.1, 0.15) is 84.5 Å². The van der Waals surface area contributed by atoms with Crippen LogP contribution in [-0.4, -0.2) is 85.2 Å². The molecule has 204 valence electrons. The summed E-state index contributed by atoms with van der Waals surface area (Å²) >= 11 is 0. The van der Waals surface area contributed by atoms with Crippen molar-refractivity contribution in [2.75, 3.05) is 25.5 Å². The summed E-state index contributed by atoms with van der Waals surface area (Å²) in [5.74, 6) is 1.83. The molecular formula is C27H44N2O6S. The van der Waals surface area contributed by atoms with Crippen LogP contribution >= 0.6 is 0 Å². The molecule has 5 fully saturated rings. The van der Waals surface area contributed by atoms with E-state index in [4.69, 9.17) is 9.47 Å². The van der Waals surface area contributed by atoms with Crippen LogP contribution in [0.3, 0.4) is 0 Å². The first-order chi connectivity index (χ1) is 17.2. The van der Waals surface area contributed by atoms with Crippen molar-refractivity contribution >= 4 is 21.8 Å². The number of amides is 2. The van der Waals surface area contributed by atoms with Crippen LogP contribution in [0.15, 0.2) is 0 Å². The van der Waals surface area contributed by atoms with Gasteiger partial charge in [-0.2, -0.15) is 0 Å². The zero-order chi connectivity index (χ0) is 25.4. The molecule has 3 saturated carbocycles. The average Bonchev–Trinajstić information content (AvgIpc) is 3.67. The Labute approximate surface area is 216 Å². The largest absolute Gasteiger partial charge is 0.446 e. The predicted octanol–water partition coefficient (Wildman–Crippen LogP) is 3.78. The maximum absolute atomic E-state index is 13.4. The minimum absolute atomic E-state index is 0.0278. The molecule has 5 aliphatic rings. The van der Waals surface area contributed by atoms with Crippen molar-refractivity contribution in [1.82, 2.24) is 9.80 Å². The lowest BCUT2D eigenvalue weighted by Crippen LogP contribution is -2.67. The van der Waals surface area contributed by atoms with Gasteiger partial charge in [-0.05, 0) is 82.5 Å². The fraction of sp³-hybridized carbons (Fsp3) is 0.926. The minimum atomic E-state index is -2.97. The lowest BCUT2D eigenvalue weighted by atomic mass is 9.69. The quantitative estimate of drug-likeness (QED) is 0.544. The summed E-state index contributed by atoms with van der Waals surface area (Å²) in [5, 5.41) is -0.166. The maximum Gasteiger partial charge on any atom is 0.410 e. The number of carbonyl (C=O) groups is 2. The molecule has 0 aromatic heterocycles. The Kier molecular flexibility index (Phi) is 7.87. The first-order valence-electron chi connectivity index (χ1n) is 14.3. The summed E-state index contributed by atoms with van der Waals surface area (Å²) < 4.78 is 37.0. The summed E-state index contributed by atoms with van der Waals surface area (Å²) in [6.45, 7) is 5.42. The molecule has 0 aromatic carbocycles. The number of ether oxygens (including phenoxy) is 2. The van der Waals surface area contributed by atoms with E-state index >= 15 is 0 Å². The Morgan fingerprint density at radius 2 is 1.56 bits per heavy atom. The van der Waals surface area contributed by atoms with Crippen LogP contribution in [0.2, 0.25) is 0 Å². The summed E-state index contributed by atoms with van der Waals surface area (Å²) in [5.41, 5.74) is 0. The Hall–Kier alpha value is -1.35. The second kappa shape index (κ2) is 10.8. The van der Waals surface area contributed by atoms with E-state index in [1.165, 1.54) is 0 Å². The van der Waals surface area contributed by atoms with Gasteiger partial charge in [-0.3, -0.25) is 4.79 Å². The van der Waals surface area contributed by atoms with Gasteiger partial charge in [0.05, 0.1) is 36.3 Å². The first kappa shape index (κ1) is 26.3. The van der Waals surface area contributed by atoms with Crippen molar-refractivity contribution in [3.63, 3.8) is 0 Å². The van der Waals surface area contributed by atoms with Crippen molar-refractivity contribution in [3.05, 3.63) is 0 Å². The fourth-order valence-corrected chi connectivity index (χ4v) is 9.76. The number of fused-ring (bicyclic) bond motifs is 1. The average molecular weight is 525 g/mol. The van der Waals surface area contributed by atoms with Crippen molar-refractivity contribution in [2.24, 2.45) is 17.8 Å². The van der Waals surface area contributed by atoms with Gasteiger partial charge in [-0.1, -0.05) is 0 Å². The van der Waals surface area contributed by atoms with Gasteiger partial charge in [-0.15, -0.1) is 0 Å². The molecule has 0 bridgehead atoms. The Morgan fingerprint density at radius 3 is 2.19 bits per heavy atom. The standard InChI is InChI=1S/C27H44N2O6S/c1-18-16-28(27(31)35-23-11-13-34-14-12-23)26-15-22(7-10-25(26)29(18)19(2)30)21-5-8-24(9-6-21)36(32,33)17-20-3-4-20/h18,20-26H,3-17H2,1-2H3/t18-,21?,22?,24?,25?,26?/m0/s1. The second-order valence-corrected chi connectivity index (χ2v) is 14.5. The van der Waals surface area contributed by atoms with Gasteiger partial charge in [0.1, 0.15) is 6.10 Å². The summed E-state index contributed by atoms with van der Waals surface area (Å²) in [4.78, 5) is 29.9. The molecule has 4 atom stereocenters. The lowest BCUT2D eigenvalue weighted by molar-refractivity contribution is -0.143. The highest BCUT2D eigenvalue weighted by molar-refractivity contribution is 7.92. The Balaban J connectivity index is 1.24. The van der Waals surface area contributed by atoms with Crippen LogP contribution in [0.5, 0.6) is 0 Å². The van der Waals surface area contributed by atoms with Crippen LogP contribution in [0.25, 0.3) is 0 Å². The molecule has 9 heteroatoms. The molecule has 2 heterocycles. The van der Waals surface area contributed by atoms with E-state index in [0.717, 1.165) is 70.6 Å². The SMILES string of the molecule is CC(=O)N1C2CCC(C3CCC(S(=O)(=O)CC4CC4)CC3)CC2N(C(=O)OC2CCOCC2)C[C@@H]1C. The van der Waals surface area contributed by atoms with E-state index in [0.29, 0.717) is 43.3 Å². The molecule has 3 unspecified atom stereocenters. The first-order valence-corrected chi connectivity index (χ1v) is 16.0. The second-order valence-electron chi connectivity index (χ2n) is 12.1. The lowest BCUT2D eigenvalue weighted by Gasteiger charge is -2.54. The van der Waals surface area contributed by atoms with Gasteiger partial charge in [-0.25, -0.2) is 13.2 Å². The normalized spacial score (nSPS) is 36.3. The van der Waals surface area contributed by atoms with Gasteiger partial charge < -0.3 is 19.3 Å². The molecule has 0 aromatic rings. The van der Waals surface area contributed by atoms with Crippen LogP contribution in [-0.2, 0) is 24.1 Å². The highest BCUT2D eigenvalue weighted by Gasteiger charge is 2.48. The summed E-state index contributed by atoms with van der Waals surface area (Å²) in [7, 11) is -2.97. The molecule has 2 aliphatic heterocycles.